The van der Waals surface area contributed by atoms with Crippen molar-refractivity contribution in [1.82, 2.24) is 24.9 Å². The Bertz CT molecular complexity index is 840. The standard InChI is InChI=1S/C16H20N6OS/c1-3-17-16-19-11(2)14(24-16)15(23)18-9-6-8-13-21-20-12-7-4-5-10-22(12)13/h4-5,7,10H,3,6,8-9H2,1-2H3,(H,17,19)(H,18,23). The Morgan fingerprint density at radius 1 is 1.33 bits per heavy atom. The van der Waals surface area contributed by atoms with E-state index in [2.05, 4.69) is 25.8 Å². The van der Waals surface area contributed by atoms with Crippen LogP contribution < -0.4 is 10.6 Å². The number of hydrogen-bond donors (Lipinski definition) is 2. The number of thiazole rings is 1. The molecule has 8 heteroatoms. The van der Waals surface area contributed by atoms with Crippen LogP contribution in [0.15, 0.2) is 24.4 Å². The first-order valence-corrected chi connectivity index (χ1v) is 8.79. The number of amides is 1. The van der Waals surface area contributed by atoms with E-state index in [9.17, 15) is 4.79 Å². The largest absolute Gasteiger partial charge is 0.362 e. The Morgan fingerprint density at radius 2 is 2.21 bits per heavy atom. The highest BCUT2D eigenvalue weighted by molar-refractivity contribution is 7.17. The number of hydrogen-bond acceptors (Lipinski definition) is 6. The summed E-state index contributed by atoms with van der Waals surface area (Å²) in [6, 6.07) is 5.82. The van der Waals surface area contributed by atoms with E-state index in [0.717, 1.165) is 41.7 Å². The summed E-state index contributed by atoms with van der Waals surface area (Å²) in [4.78, 5) is 17.3. The number of nitrogens with zero attached hydrogens (tertiary/aromatic N) is 4. The summed E-state index contributed by atoms with van der Waals surface area (Å²) in [6.07, 6.45) is 3.52. The van der Waals surface area contributed by atoms with Gasteiger partial charge in [-0.3, -0.25) is 9.20 Å². The number of anilines is 1. The number of carbonyl (C=O) groups excluding carboxylic acids is 1. The molecule has 3 heterocycles. The van der Waals surface area contributed by atoms with Gasteiger partial charge in [0.25, 0.3) is 5.91 Å². The molecule has 0 saturated heterocycles. The highest BCUT2D eigenvalue weighted by atomic mass is 32.1. The molecule has 126 valence electrons. The summed E-state index contributed by atoms with van der Waals surface area (Å²) >= 11 is 1.39. The van der Waals surface area contributed by atoms with Gasteiger partial charge in [-0.1, -0.05) is 17.4 Å². The molecule has 0 bridgehead atoms. The summed E-state index contributed by atoms with van der Waals surface area (Å²) in [7, 11) is 0. The van der Waals surface area contributed by atoms with Crippen molar-refractivity contribution in [3.05, 3.63) is 40.8 Å². The minimum atomic E-state index is -0.0692. The van der Waals surface area contributed by atoms with Gasteiger partial charge >= 0.3 is 0 Å². The Hall–Kier alpha value is -2.48. The topological polar surface area (TPSA) is 84.2 Å². The molecule has 3 aromatic rings. The van der Waals surface area contributed by atoms with Crippen LogP contribution in [0.1, 0.15) is 34.5 Å². The Morgan fingerprint density at radius 3 is 3.04 bits per heavy atom. The SMILES string of the molecule is CCNc1nc(C)c(C(=O)NCCCc2nnc3ccccn23)s1. The average molecular weight is 344 g/mol. The van der Waals surface area contributed by atoms with Gasteiger partial charge in [0, 0.05) is 25.7 Å². The third-order valence-corrected chi connectivity index (χ3v) is 4.69. The minimum absolute atomic E-state index is 0.0692. The molecule has 7 nitrogen and oxygen atoms in total. The molecular weight excluding hydrogens is 324 g/mol. The summed E-state index contributed by atoms with van der Waals surface area (Å²) in [5.41, 5.74) is 1.60. The number of carbonyl (C=O) groups is 1. The first-order chi connectivity index (χ1) is 11.7. The molecular formula is C16H20N6OS. The van der Waals surface area contributed by atoms with Gasteiger partial charge in [-0.05, 0) is 32.4 Å². The molecule has 0 aliphatic rings. The van der Waals surface area contributed by atoms with Gasteiger partial charge in [-0.25, -0.2) is 4.98 Å². The molecule has 0 aliphatic heterocycles. The second kappa shape index (κ2) is 7.39. The third kappa shape index (κ3) is 3.53. The number of rotatable bonds is 7. The van der Waals surface area contributed by atoms with Crippen LogP contribution in [-0.2, 0) is 6.42 Å². The van der Waals surface area contributed by atoms with Crippen LogP contribution in [0.2, 0.25) is 0 Å². The fourth-order valence-electron chi connectivity index (χ4n) is 2.42. The molecule has 0 radical (unpaired) electrons. The lowest BCUT2D eigenvalue weighted by Crippen LogP contribution is -2.24. The summed E-state index contributed by atoms with van der Waals surface area (Å²) in [5, 5.41) is 15.2. The smallest absolute Gasteiger partial charge is 0.263 e. The maximum atomic E-state index is 12.3. The maximum absolute atomic E-state index is 12.3. The number of aromatic nitrogens is 4. The molecule has 1 amide bonds. The zero-order chi connectivity index (χ0) is 16.9. The van der Waals surface area contributed by atoms with Gasteiger partial charge in [-0.2, -0.15) is 0 Å². The van der Waals surface area contributed by atoms with Crippen LogP contribution >= 0.6 is 11.3 Å². The van der Waals surface area contributed by atoms with Crippen LogP contribution in [0, 0.1) is 6.92 Å². The van der Waals surface area contributed by atoms with Crippen LogP contribution in [-0.4, -0.2) is 38.6 Å². The van der Waals surface area contributed by atoms with Crippen molar-refractivity contribution in [3.8, 4) is 0 Å². The van der Waals surface area contributed by atoms with Crippen LogP contribution in [0.25, 0.3) is 5.65 Å². The number of pyridine rings is 1. The second-order valence-electron chi connectivity index (χ2n) is 5.37. The number of aryl methyl sites for hydroxylation is 2. The van der Waals surface area contributed by atoms with Crippen LogP contribution in [0.5, 0.6) is 0 Å². The van der Waals surface area contributed by atoms with Crippen molar-refractivity contribution >= 4 is 28.0 Å². The number of nitrogens with one attached hydrogen (secondary N) is 2. The van der Waals surface area contributed by atoms with Gasteiger partial charge in [0.05, 0.1) is 5.69 Å². The van der Waals surface area contributed by atoms with E-state index < -0.39 is 0 Å². The molecule has 3 rings (SSSR count). The summed E-state index contributed by atoms with van der Waals surface area (Å²) in [6.45, 7) is 5.24. The van der Waals surface area contributed by atoms with Gasteiger partial charge in [0.2, 0.25) is 0 Å². The molecule has 0 spiro atoms. The van der Waals surface area contributed by atoms with E-state index in [1.165, 1.54) is 11.3 Å². The second-order valence-corrected chi connectivity index (χ2v) is 6.37. The molecule has 0 aliphatic carbocycles. The zero-order valence-electron chi connectivity index (χ0n) is 13.7. The van der Waals surface area contributed by atoms with E-state index in [1.807, 2.05) is 42.6 Å². The number of fused-ring (bicyclic) bond motifs is 1. The Labute approximate surface area is 144 Å². The first-order valence-electron chi connectivity index (χ1n) is 7.97. The lowest BCUT2D eigenvalue weighted by Gasteiger charge is -2.03. The normalized spacial score (nSPS) is 10.9. The summed E-state index contributed by atoms with van der Waals surface area (Å²) < 4.78 is 1.97. The van der Waals surface area contributed by atoms with E-state index >= 15 is 0 Å². The molecule has 0 aromatic carbocycles. The molecule has 0 unspecified atom stereocenters. The third-order valence-electron chi connectivity index (χ3n) is 3.58. The van der Waals surface area contributed by atoms with Crippen molar-refractivity contribution in [2.45, 2.75) is 26.7 Å². The fraction of sp³-hybridized carbons (Fsp3) is 0.375. The quantitative estimate of drug-likeness (QED) is 0.643. The molecule has 3 aromatic heterocycles. The molecule has 0 atom stereocenters. The predicted octanol–water partition coefficient (Wildman–Crippen LogP) is 2.29. The van der Waals surface area contributed by atoms with Gasteiger partial charge in [0.15, 0.2) is 10.8 Å². The summed E-state index contributed by atoms with van der Waals surface area (Å²) in [5.74, 6) is 0.837. The highest BCUT2D eigenvalue weighted by Gasteiger charge is 2.14. The van der Waals surface area contributed by atoms with Crippen molar-refractivity contribution in [2.75, 3.05) is 18.4 Å². The fourth-order valence-corrected chi connectivity index (χ4v) is 3.37. The van der Waals surface area contributed by atoms with Crippen molar-refractivity contribution in [1.29, 1.82) is 0 Å². The van der Waals surface area contributed by atoms with Crippen LogP contribution in [0.3, 0.4) is 0 Å². The minimum Gasteiger partial charge on any atom is -0.362 e. The monoisotopic (exact) mass is 344 g/mol. The Balaban J connectivity index is 1.52. The van der Waals surface area contributed by atoms with Crippen molar-refractivity contribution in [2.24, 2.45) is 0 Å². The van der Waals surface area contributed by atoms with Gasteiger partial charge < -0.3 is 10.6 Å². The van der Waals surface area contributed by atoms with E-state index in [1.54, 1.807) is 0 Å². The zero-order valence-corrected chi connectivity index (χ0v) is 14.6. The molecule has 2 N–H and O–H groups in total. The highest BCUT2D eigenvalue weighted by Crippen LogP contribution is 2.22. The van der Waals surface area contributed by atoms with Gasteiger partial charge in [0.1, 0.15) is 10.7 Å². The molecule has 0 fully saturated rings. The lowest BCUT2D eigenvalue weighted by atomic mass is 10.3. The van der Waals surface area contributed by atoms with Crippen molar-refractivity contribution in [3.63, 3.8) is 0 Å². The first kappa shape index (κ1) is 16.4. The lowest BCUT2D eigenvalue weighted by molar-refractivity contribution is 0.0956. The average Bonchev–Trinajstić information content (AvgIpc) is 3.15. The van der Waals surface area contributed by atoms with Crippen molar-refractivity contribution < 1.29 is 4.79 Å². The van der Waals surface area contributed by atoms with Crippen LogP contribution in [0.4, 0.5) is 5.13 Å². The van der Waals surface area contributed by atoms with Gasteiger partial charge in [-0.15, -0.1) is 10.2 Å². The van der Waals surface area contributed by atoms with E-state index in [0.29, 0.717) is 11.4 Å². The Kier molecular flexibility index (Phi) is 5.05. The molecule has 0 saturated carbocycles. The maximum Gasteiger partial charge on any atom is 0.263 e. The molecule has 24 heavy (non-hydrogen) atoms. The predicted molar refractivity (Wildman–Crippen MR) is 94.7 cm³/mol. The van der Waals surface area contributed by atoms with E-state index in [4.69, 9.17) is 0 Å². The van der Waals surface area contributed by atoms with E-state index in [-0.39, 0.29) is 5.91 Å².